The third-order valence-electron chi connectivity index (χ3n) is 2.90. The van der Waals surface area contributed by atoms with Crippen LogP contribution in [0.15, 0.2) is 24.3 Å². The molecular weight excluding hydrogens is 206 g/mol. The minimum absolute atomic E-state index is 0.538. The molecule has 1 heterocycles. The Balaban J connectivity index is 2.26. The molecule has 1 aromatic carbocycles. The number of likely N-dealkylation sites (tertiary alicyclic amines) is 1. The molecule has 1 aliphatic heterocycles. The lowest BCUT2D eigenvalue weighted by molar-refractivity contribution is -0.145. The van der Waals surface area contributed by atoms with Gasteiger partial charge in [0.1, 0.15) is 11.8 Å². The number of carboxylic acids is 1. The van der Waals surface area contributed by atoms with E-state index >= 15 is 0 Å². The van der Waals surface area contributed by atoms with Crippen LogP contribution in [0.2, 0.25) is 0 Å². The van der Waals surface area contributed by atoms with Crippen LogP contribution in [-0.2, 0) is 4.79 Å². The van der Waals surface area contributed by atoms with Crippen molar-refractivity contribution >= 4 is 5.97 Å². The maximum absolute atomic E-state index is 11.3. The second-order valence-electron chi connectivity index (χ2n) is 3.91. The van der Waals surface area contributed by atoms with Gasteiger partial charge in [-0.15, -0.1) is 0 Å². The SMILES string of the molecule is COc1cccc(C(C(=O)O)N2CCC2)c1. The molecule has 16 heavy (non-hydrogen) atoms. The van der Waals surface area contributed by atoms with Crippen molar-refractivity contribution in [2.45, 2.75) is 12.5 Å². The number of rotatable bonds is 4. The molecule has 1 unspecified atom stereocenters. The van der Waals surface area contributed by atoms with Gasteiger partial charge >= 0.3 is 5.97 Å². The van der Waals surface area contributed by atoms with Crippen LogP contribution in [-0.4, -0.2) is 36.2 Å². The van der Waals surface area contributed by atoms with Crippen LogP contribution in [0.25, 0.3) is 0 Å². The molecule has 1 N–H and O–H groups in total. The van der Waals surface area contributed by atoms with E-state index in [1.165, 1.54) is 0 Å². The minimum Gasteiger partial charge on any atom is -0.497 e. The van der Waals surface area contributed by atoms with Gasteiger partial charge in [-0.25, -0.2) is 0 Å². The van der Waals surface area contributed by atoms with Crippen LogP contribution in [0.1, 0.15) is 18.0 Å². The molecule has 0 radical (unpaired) electrons. The van der Waals surface area contributed by atoms with Gasteiger partial charge in [-0.3, -0.25) is 9.69 Å². The van der Waals surface area contributed by atoms with Crippen LogP contribution in [0.5, 0.6) is 5.75 Å². The summed E-state index contributed by atoms with van der Waals surface area (Å²) in [7, 11) is 1.58. The average molecular weight is 221 g/mol. The standard InChI is InChI=1S/C12H15NO3/c1-16-10-5-2-4-9(8-10)11(12(14)15)13-6-3-7-13/h2,4-5,8,11H,3,6-7H2,1H3,(H,14,15). The minimum atomic E-state index is -0.798. The van der Waals surface area contributed by atoms with Gasteiger partial charge in [-0.05, 0) is 24.1 Å². The molecule has 86 valence electrons. The van der Waals surface area contributed by atoms with Crippen molar-refractivity contribution in [3.63, 3.8) is 0 Å². The van der Waals surface area contributed by atoms with Crippen molar-refractivity contribution in [1.82, 2.24) is 4.90 Å². The zero-order valence-electron chi connectivity index (χ0n) is 9.22. The molecule has 1 aromatic rings. The summed E-state index contributed by atoms with van der Waals surface area (Å²) in [5.41, 5.74) is 0.784. The predicted molar refractivity (Wildman–Crippen MR) is 59.6 cm³/mol. The lowest BCUT2D eigenvalue weighted by Crippen LogP contribution is -2.43. The van der Waals surface area contributed by atoms with Crippen LogP contribution in [0.4, 0.5) is 0 Å². The summed E-state index contributed by atoms with van der Waals surface area (Å²) in [6.45, 7) is 1.71. The molecule has 1 saturated heterocycles. The Bertz CT molecular complexity index is 388. The van der Waals surface area contributed by atoms with E-state index in [4.69, 9.17) is 4.74 Å². The summed E-state index contributed by atoms with van der Waals surface area (Å²) in [5.74, 6) is -0.0998. The van der Waals surface area contributed by atoms with Crippen LogP contribution in [0, 0.1) is 0 Å². The molecule has 2 rings (SSSR count). The Labute approximate surface area is 94.4 Å². The van der Waals surface area contributed by atoms with Crippen LogP contribution < -0.4 is 4.74 Å². The first-order valence-corrected chi connectivity index (χ1v) is 5.33. The van der Waals surface area contributed by atoms with Crippen molar-refractivity contribution in [3.05, 3.63) is 29.8 Å². The summed E-state index contributed by atoms with van der Waals surface area (Å²) in [4.78, 5) is 13.2. The molecule has 0 amide bonds. The zero-order chi connectivity index (χ0) is 11.5. The smallest absolute Gasteiger partial charge is 0.325 e. The molecule has 0 spiro atoms. The fourth-order valence-electron chi connectivity index (χ4n) is 1.92. The number of carboxylic acid groups (broad SMARTS) is 1. The largest absolute Gasteiger partial charge is 0.497 e. The molecule has 1 aliphatic rings. The summed E-state index contributed by atoms with van der Waals surface area (Å²) in [6.07, 6.45) is 1.08. The van der Waals surface area contributed by atoms with Crippen molar-refractivity contribution in [1.29, 1.82) is 0 Å². The molecule has 4 heteroatoms. The first-order valence-electron chi connectivity index (χ1n) is 5.33. The topological polar surface area (TPSA) is 49.8 Å². The van der Waals surface area contributed by atoms with Gasteiger partial charge in [-0.1, -0.05) is 12.1 Å². The highest BCUT2D eigenvalue weighted by Gasteiger charge is 2.31. The maximum atomic E-state index is 11.3. The fraction of sp³-hybridized carbons (Fsp3) is 0.417. The Hall–Kier alpha value is -1.55. The average Bonchev–Trinajstić information content (AvgIpc) is 2.22. The summed E-state index contributed by atoms with van der Waals surface area (Å²) in [5, 5.41) is 9.24. The molecule has 0 aromatic heterocycles. The number of ether oxygens (including phenoxy) is 1. The summed E-state index contributed by atoms with van der Waals surface area (Å²) in [6, 6.07) is 6.72. The second-order valence-corrected chi connectivity index (χ2v) is 3.91. The molecule has 0 saturated carbocycles. The van der Waals surface area contributed by atoms with E-state index in [0.717, 1.165) is 25.1 Å². The normalized spacial score (nSPS) is 17.6. The number of hydrogen-bond donors (Lipinski definition) is 1. The quantitative estimate of drug-likeness (QED) is 0.837. The Morgan fingerprint density at radius 3 is 2.75 bits per heavy atom. The molecule has 4 nitrogen and oxygen atoms in total. The van der Waals surface area contributed by atoms with Gasteiger partial charge < -0.3 is 9.84 Å². The molecule has 1 atom stereocenters. The summed E-state index contributed by atoms with van der Waals surface area (Å²) < 4.78 is 5.10. The number of benzene rings is 1. The molecule has 0 bridgehead atoms. The van der Waals surface area contributed by atoms with Gasteiger partial charge in [0, 0.05) is 13.1 Å². The third-order valence-corrected chi connectivity index (χ3v) is 2.90. The number of carbonyl (C=O) groups is 1. The first kappa shape index (κ1) is 11.0. The lowest BCUT2D eigenvalue weighted by Gasteiger charge is -2.36. The van der Waals surface area contributed by atoms with Crippen molar-refractivity contribution in [2.75, 3.05) is 20.2 Å². The Morgan fingerprint density at radius 2 is 2.25 bits per heavy atom. The fourth-order valence-corrected chi connectivity index (χ4v) is 1.92. The first-order chi connectivity index (χ1) is 7.72. The number of methoxy groups -OCH3 is 1. The van der Waals surface area contributed by atoms with E-state index in [2.05, 4.69) is 0 Å². The predicted octanol–water partition coefficient (Wildman–Crippen LogP) is 1.53. The number of hydrogen-bond acceptors (Lipinski definition) is 3. The highest BCUT2D eigenvalue weighted by atomic mass is 16.5. The zero-order valence-corrected chi connectivity index (χ0v) is 9.22. The molecule has 0 aliphatic carbocycles. The highest BCUT2D eigenvalue weighted by molar-refractivity contribution is 5.75. The Kier molecular flexibility index (Phi) is 3.10. The summed E-state index contributed by atoms with van der Waals surface area (Å²) >= 11 is 0. The van der Waals surface area contributed by atoms with Gasteiger partial charge in [0.2, 0.25) is 0 Å². The van der Waals surface area contributed by atoms with Crippen LogP contribution in [0.3, 0.4) is 0 Å². The van der Waals surface area contributed by atoms with E-state index in [0.29, 0.717) is 5.75 Å². The van der Waals surface area contributed by atoms with E-state index in [1.807, 2.05) is 23.1 Å². The lowest BCUT2D eigenvalue weighted by atomic mass is 10.0. The van der Waals surface area contributed by atoms with E-state index in [1.54, 1.807) is 13.2 Å². The third kappa shape index (κ3) is 2.02. The van der Waals surface area contributed by atoms with E-state index in [9.17, 15) is 9.90 Å². The van der Waals surface area contributed by atoms with Gasteiger partial charge in [0.25, 0.3) is 0 Å². The van der Waals surface area contributed by atoms with Crippen molar-refractivity contribution in [2.24, 2.45) is 0 Å². The van der Waals surface area contributed by atoms with Crippen LogP contribution >= 0.6 is 0 Å². The monoisotopic (exact) mass is 221 g/mol. The van der Waals surface area contributed by atoms with Gasteiger partial charge in [0.15, 0.2) is 0 Å². The van der Waals surface area contributed by atoms with Crippen molar-refractivity contribution in [3.8, 4) is 5.75 Å². The molecule has 1 fully saturated rings. The van der Waals surface area contributed by atoms with Gasteiger partial charge in [0.05, 0.1) is 7.11 Å². The van der Waals surface area contributed by atoms with E-state index in [-0.39, 0.29) is 0 Å². The van der Waals surface area contributed by atoms with Gasteiger partial charge in [-0.2, -0.15) is 0 Å². The highest BCUT2D eigenvalue weighted by Crippen LogP contribution is 2.28. The van der Waals surface area contributed by atoms with Crippen molar-refractivity contribution < 1.29 is 14.6 Å². The second kappa shape index (κ2) is 4.53. The maximum Gasteiger partial charge on any atom is 0.325 e. The molecular formula is C12H15NO3. The van der Waals surface area contributed by atoms with E-state index < -0.39 is 12.0 Å². The number of nitrogens with zero attached hydrogens (tertiary/aromatic N) is 1. The number of aliphatic carboxylic acids is 1. The Morgan fingerprint density at radius 1 is 1.50 bits per heavy atom.